The van der Waals surface area contributed by atoms with Crippen LogP contribution in [0.15, 0.2) is 5.16 Å². The zero-order valence-electron chi connectivity index (χ0n) is 6.37. The molecule has 0 amide bonds. The van der Waals surface area contributed by atoms with Crippen molar-refractivity contribution in [1.82, 2.24) is 0 Å². The molecule has 0 aliphatic carbocycles. The Morgan fingerprint density at radius 3 is 2.80 bits per heavy atom. The summed E-state index contributed by atoms with van der Waals surface area (Å²) in [5, 5.41) is 12.5. The SMILES string of the molecule is CC(C)C1=NO[C@@H](CO)C1. The zero-order valence-corrected chi connectivity index (χ0v) is 6.37. The average Bonchev–Trinajstić information content (AvgIpc) is 2.34. The summed E-state index contributed by atoms with van der Waals surface area (Å²) in [6, 6.07) is 0. The molecule has 10 heavy (non-hydrogen) atoms. The van der Waals surface area contributed by atoms with E-state index in [0.717, 1.165) is 12.1 Å². The van der Waals surface area contributed by atoms with Crippen molar-refractivity contribution >= 4 is 5.71 Å². The molecule has 1 atom stereocenters. The molecular weight excluding hydrogens is 130 g/mol. The summed E-state index contributed by atoms with van der Waals surface area (Å²) >= 11 is 0. The summed E-state index contributed by atoms with van der Waals surface area (Å²) in [6.45, 7) is 4.21. The predicted octanol–water partition coefficient (Wildman–Crippen LogP) is 0.780. The fourth-order valence-corrected chi connectivity index (χ4v) is 0.889. The predicted molar refractivity (Wildman–Crippen MR) is 38.8 cm³/mol. The van der Waals surface area contributed by atoms with Gasteiger partial charge in [0.2, 0.25) is 0 Å². The van der Waals surface area contributed by atoms with Crippen LogP contribution in [0.3, 0.4) is 0 Å². The van der Waals surface area contributed by atoms with Gasteiger partial charge >= 0.3 is 0 Å². The van der Waals surface area contributed by atoms with Gasteiger partial charge in [-0.15, -0.1) is 0 Å². The molecular formula is C7H13NO2. The minimum atomic E-state index is -0.0857. The van der Waals surface area contributed by atoms with Crippen molar-refractivity contribution in [2.45, 2.75) is 26.4 Å². The van der Waals surface area contributed by atoms with E-state index >= 15 is 0 Å². The maximum atomic E-state index is 8.67. The first-order valence-corrected chi connectivity index (χ1v) is 3.57. The molecule has 3 nitrogen and oxygen atoms in total. The first-order chi connectivity index (χ1) is 4.74. The van der Waals surface area contributed by atoms with Crippen molar-refractivity contribution in [1.29, 1.82) is 0 Å². The molecule has 0 saturated heterocycles. The van der Waals surface area contributed by atoms with Gasteiger partial charge in [0.1, 0.15) is 0 Å². The van der Waals surface area contributed by atoms with Crippen LogP contribution in [0.5, 0.6) is 0 Å². The van der Waals surface area contributed by atoms with Gasteiger partial charge in [0.25, 0.3) is 0 Å². The minimum Gasteiger partial charge on any atom is -0.392 e. The van der Waals surface area contributed by atoms with Gasteiger partial charge in [-0.05, 0) is 5.92 Å². The molecule has 0 bridgehead atoms. The maximum Gasteiger partial charge on any atom is 0.155 e. The van der Waals surface area contributed by atoms with Crippen LogP contribution < -0.4 is 0 Å². The van der Waals surface area contributed by atoms with Gasteiger partial charge in [0, 0.05) is 6.42 Å². The number of rotatable bonds is 2. The van der Waals surface area contributed by atoms with Crippen LogP contribution in [-0.4, -0.2) is 23.5 Å². The second-order valence-corrected chi connectivity index (χ2v) is 2.85. The molecule has 0 aromatic rings. The molecule has 0 saturated carbocycles. The second-order valence-electron chi connectivity index (χ2n) is 2.85. The summed E-state index contributed by atoms with van der Waals surface area (Å²) < 4.78 is 0. The Hall–Kier alpha value is -0.570. The van der Waals surface area contributed by atoms with Crippen molar-refractivity contribution in [2.75, 3.05) is 6.61 Å². The first-order valence-electron chi connectivity index (χ1n) is 3.57. The molecule has 0 aromatic carbocycles. The lowest BCUT2D eigenvalue weighted by atomic mass is 10.0. The van der Waals surface area contributed by atoms with Gasteiger partial charge in [0.15, 0.2) is 6.10 Å². The Kier molecular flexibility index (Phi) is 2.27. The third kappa shape index (κ3) is 1.48. The van der Waals surface area contributed by atoms with Crippen molar-refractivity contribution in [3.05, 3.63) is 0 Å². The van der Waals surface area contributed by atoms with Crippen molar-refractivity contribution < 1.29 is 9.94 Å². The molecule has 1 heterocycles. The highest BCUT2D eigenvalue weighted by atomic mass is 16.6. The molecule has 0 fully saturated rings. The quantitative estimate of drug-likeness (QED) is 0.620. The largest absolute Gasteiger partial charge is 0.392 e. The van der Waals surface area contributed by atoms with Crippen molar-refractivity contribution in [2.24, 2.45) is 11.1 Å². The van der Waals surface area contributed by atoms with Crippen LogP contribution in [0.2, 0.25) is 0 Å². The van der Waals surface area contributed by atoms with E-state index < -0.39 is 0 Å². The third-order valence-corrected chi connectivity index (χ3v) is 1.63. The Labute approximate surface area is 60.7 Å². The van der Waals surface area contributed by atoms with E-state index in [1.54, 1.807) is 0 Å². The first kappa shape index (κ1) is 7.54. The van der Waals surface area contributed by atoms with Crippen LogP contribution in [0.25, 0.3) is 0 Å². The highest BCUT2D eigenvalue weighted by Gasteiger charge is 2.21. The van der Waals surface area contributed by atoms with Crippen LogP contribution >= 0.6 is 0 Å². The normalized spacial score (nSPS) is 24.8. The van der Waals surface area contributed by atoms with Crippen LogP contribution in [0.1, 0.15) is 20.3 Å². The zero-order chi connectivity index (χ0) is 7.56. The smallest absolute Gasteiger partial charge is 0.155 e. The summed E-state index contributed by atoms with van der Waals surface area (Å²) in [4.78, 5) is 4.91. The molecule has 1 N–H and O–H groups in total. The van der Waals surface area contributed by atoms with E-state index in [1.165, 1.54) is 0 Å². The Balaban J connectivity index is 2.39. The Morgan fingerprint density at radius 1 is 1.80 bits per heavy atom. The maximum absolute atomic E-state index is 8.67. The second kappa shape index (κ2) is 3.01. The van der Waals surface area contributed by atoms with Crippen LogP contribution in [-0.2, 0) is 4.84 Å². The molecule has 0 unspecified atom stereocenters. The van der Waals surface area contributed by atoms with Gasteiger partial charge in [-0.1, -0.05) is 19.0 Å². The minimum absolute atomic E-state index is 0.0692. The highest BCUT2D eigenvalue weighted by molar-refractivity contribution is 5.87. The van der Waals surface area contributed by atoms with Crippen molar-refractivity contribution in [3.63, 3.8) is 0 Å². The van der Waals surface area contributed by atoms with Gasteiger partial charge in [0.05, 0.1) is 12.3 Å². The number of hydrogen-bond donors (Lipinski definition) is 1. The number of aliphatic hydroxyl groups excluding tert-OH is 1. The lowest BCUT2D eigenvalue weighted by molar-refractivity contribution is 0.0390. The molecule has 1 rings (SSSR count). The van der Waals surface area contributed by atoms with Gasteiger partial charge in [-0.3, -0.25) is 0 Å². The third-order valence-electron chi connectivity index (χ3n) is 1.63. The van der Waals surface area contributed by atoms with E-state index in [2.05, 4.69) is 19.0 Å². The topological polar surface area (TPSA) is 41.8 Å². The van der Waals surface area contributed by atoms with Crippen LogP contribution in [0, 0.1) is 5.92 Å². The molecule has 3 heteroatoms. The standard InChI is InChI=1S/C7H13NO2/c1-5(2)7-3-6(4-9)10-8-7/h5-6,9H,3-4H2,1-2H3/t6-/m1/s1. The number of hydrogen-bond acceptors (Lipinski definition) is 3. The van der Waals surface area contributed by atoms with E-state index in [9.17, 15) is 0 Å². The summed E-state index contributed by atoms with van der Waals surface area (Å²) in [5.41, 5.74) is 1.05. The molecule has 0 spiro atoms. The number of aliphatic hydroxyl groups is 1. The van der Waals surface area contributed by atoms with Gasteiger partial charge < -0.3 is 9.94 Å². The van der Waals surface area contributed by atoms with Crippen molar-refractivity contribution in [3.8, 4) is 0 Å². The van der Waals surface area contributed by atoms with E-state index in [1.807, 2.05) is 0 Å². The number of oxime groups is 1. The fourth-order valence-electron chi connectivity index (χ4n) is 0.889. The summed E-state index contributed by atoms with van der Waals surface area (Å²) in [6.07, 6.45) is 0.700. The average molecular weight is 143 g/mol. The lowest BCUT2D eigenvalue weighted by Gasteiger charge is -2.02. The van der Waals surface area contributed by atoms with E-state index in [4.69, 9.17) is 9.94 Å². The molecule has 58 valence electrons. The summed E-state index contributed by atoms with van der Waals surface area (Å²) in [7, 11) is 0. The van der Waals surface area contributed by atoms with Gasteiger partial charge in [-0.2, -0.15) is 0 Å². The molecule has 0 radical (unpaired) electrons. The monoisotopic (exact) mass is 143 g/mol. The van der Waals surface area contributed by atoms with E-state index in [-0.39, 0.29) is 12.7 Å². The Morgan fingerprint density at radius 2 is 2.50 bits per heavy atom. The molecule has 0 aromatic heterocycles. The highest BCUT2D eigenvalue weighted by Crippen LogP contribution is 2.14. The fraction of sp³-hybridized carbons (Fsp3) is 0.857. The molecule has 1 aliphatic heterocycles. The number of nitrogens with zero attached hydrogens (tertiary/aromatic N) is 1. The Bertz CT molecular complexity index is 143. The summed E-state index contributed by atoms with van der Waals surface area (Å²) in [5.74, 6) is 0.441. The van der Waals surface area contributed by atoms with Gasteiger partial charge in [-0.25, -0.2) is 0 Å². The lowest BCUT2D eigenvalue weighted by Crippen LogP contribution is -2.14. The molecule has 1 aliphatic rings. The van der Waals surface area contributed by atoms with Crippen LogP contribution in [0.4, 0.5) is 0 Å². The van der Waals surface area contributed by atoms with E-state index in [0.29, 0.717) is 5.92 Å².